The van der Waals surface area contributed by atoms with Gasteiger partial charge in [-0.3, -0.25) is 0 Å². The van der Waals surface area contributed by atoms with E-state index in [-0.39, 0.29) is 0 Å². The molecule has 0 unspecified atom stereocenters. The second kappa shape index (κ2) is 10.4. The van der Waals surface area contributed by atoms with E-state index in [1.165, 1.54) is 28.5 Å². The molecule has 2 heteroatoms. The molecule has 0 bridgehead atoms. The molecule has 0 atom stereocenters. The summed E-state index contributed by atoms with van der Waals surface area (Å²) in [5.74, 6) is 0. The molecule has 0 spiro atoms. The van der Waals surface area contributed by atoms with Gasteiger partial charge in [-0.25, -0.2) is 0 Å². The summed E-state index contributed by atoms with van der Waals surface area (Å²) in [4.78, 5) is 0. The van der Waals surface area contributed by atoms with Crippen LogP contribution in [0.4, 0.5) is 0 Å². The van der Waals surface area contributed by atoms with Crippen LogP contribution in [0.15, 0.2) is 55.2 Å². The Kier molecular flexibility index (Phi) is 9.28. The number of nitrogens with one attached hydrogen (secondary N) is 1. The van der Waals surface area contributed by atoms with Gasteiger partial charge in [0.05, 0.1) is 0 Å². The predicted molar refractivity (Wildman–Crippen MR) is 99.6 cm³/mol. The topological polar surface area (TPSA) is 49.9 Å². The van der Waals surface area contributed by atoms with E-state index in [0.29, 0.717) is 5.71 Å². The lowest BCUT2D eigenvalue weighted by Crippen LogP contribution is -1.92. The smallest absolute Gasteiger partial charge is 0.0355 e. The number of nitrogens with two attached hydrogens (primary N) is 1. The third-order valence-corrected chi connectivity index (χ3v) is 3.09. The Morgan fingerprint density at radius 2 is 1.41 bits per heavy atom. The molecule has 0 aliphatic carbocycles. The highest BCUT2D eigenvalue weighted by Crippen LogP contribution is 2.27. The van der Waals surface area contributed by atoms with Gasteiger partial charge in [0.25, 0.3) is 0 Å². The summed E-state index contributed by atoms with van der Waals surface area (Å²) in [6.45, 7) is 13.2. The van der Waals surface area contributed by atoms with Crippen LogP contribution >= 0.6 is 0 Å². The minimum atomic E-state index is 0.609. The van der Waals surface area contributed by atoms with E-state index in [1.807, 2.05) is 32.9 Å². The Labute approximate surface area is 135 Å². The van der Waals surface area contributed by atoms with E-state index in [9.17, 15) is 0 Å². The summed E-state index contributed by atoms with van der Waals surface area (Å²) in [5.41, 5.74) is 11.3. The number of rotatable bonds is 2. The van der Waals surface area contributed by atoms with Gasteiger partial charge in [-0.1, -0.05) is 62.9 Å². The first kappa shape index (κ1) is 19.7. The van der Waals surface area contributed by atoms with Gasteiger partial charge < -0.3 is 11.1 Å². The Hall–Kier alpha value is -2.35. The number of hydrogen-bond donors (Lipinski definition) is 2. The molecule has 0 heterocycles. The fourth-order valence-corrected chi connectivity index (χ4v) is 2.16. The second-order valence-electron chi connectivity index (χ2n) is 4.70. The highest BCUT2D eigenvalue weighted by Gasteiger charge is 2.05. The molecule has 3 N–H and O–H groups in total. The van der Waals surface area contributed by atoms with Gasteiger partial charge in [-0.2, -0.15) is 0 Å². The van der Waals surface area contributed by atoms with Gasteiger partial charge in [-0.15, -0.1) is 0 Å². The molecule has 0 aliphatic rings. The monoisotopic (exact) mass is 296 g/mol. The zero-order chi connectivity index (χ0) is 17.1. The summed E-state index contributed by atoms with van der Waals surface area (Å²) in [5, 5.41) is 7.59. The van der Waals surface area contributed by atoms with Gasteiger partial charge in [0.1, 0.15) is 0 Å². The summed E-state index contributed by atoms with van der Waals surface area (Å²) in [7, 11) is 0. The predicted octanol–water partition coefficient (Wildman–Crippen LogP) is 5.47. The molecule has 0 saturated heterocycles. The maximum Gasteiger partial charge on any atom is 0.0355 e. The number of benzene rings is 2. The fraction of sp³-hybridized carbons (Fsp3) is 0.250. The van der Waals surface area contributed by atoms with E-state index in [2.05, 4.69) is 56.5 Å². The van der Waals surface area contributed by atoms with Gasteiger partial charge in [0, 0.05) is 5.71 Å². The van der Waals surface area contributed by atoms with Crippen LogP contribution < -0.4 is 5.73 Å². The van der Waals surface area contributed by atoms with Crippen molar-refractivity contribution in [2.24, 2.45) is 5.73 Å². The van der Waals surface area contributed by atoms with Crippen LogP contribution in [0.1, 0.15) is 37.5 Å². The maximum atomic E-state index is 7.59. The summed E-state index contributed by atoms with van der Waals surface area (Å²) < 4.78 is 0. The van der Waals surface area contributed by atoms with Crippen molar-refractivity contribution in [2.75, 3.05) is 0 Å². The lowest BCUT2D eigenvalue weighted by molar-refractivity contribution is 1.37. The zero-order valence-corrected chi connectivity index (χ0v) is 14.4. The van der Waals surface area contributed by atoms with E-state index in [1.54, 1.807) is 0 Å². The van der Waals surface area contributed by atoms with Crippen LogP contribution in [0.25, 0.3) is 11.1 Å². The first-order valence-corrected chi connectivity index (χ1v) is 7.56. The minimum absolute atomic E-state index is 0.609. The quantitative estimate of drug-likeness (QED) is 0.709. The Bertz CT molecular complexity index is 575. The van der Waals surface area contributed by atoms with Crippen LogP contribution in [-0.4, -0.2) is 5.71 Å². The van der Waals surface area contributed by atoms with Crippen molar-refractivity contribution < 1.29 is 0 Å². The Morgan fingerprint density at radius 1 is 1.00 bits per heavy atom. The molecular weight excluding hydrogens is 268 g/mol. The number of aryl methyl sites for hydroxylation is 2. The SMILES string of the molecule is C=CN.CC.CC(=N)c1ccc(-c2c(C)cccc2C)cc1. The molecule has 2 aromatic rings. The molecule has 118 valence electrons. The van der Waals surface area contributed by atoms with E-state index in [4.69, 9.17) is 5.41 Å². The van der Waals surface area contributed by atoms with Crippen molar-refractivity contribution in [1.29, 1.82) is 5.41 Å². The first-order valence-electron chi connectivity index (χ1n) is 7.56. The van der Waals surface area contributed by atoms with Crippen LogP contribution in [-0.2, 0) is 0 Å². The standard InChI is InChI=1S/C16H17N.C2H5N.C2H6/c1-11-5-4-6-12(2)16(11)15-9-7-14(8-10-15)13(3)17;1-2-3;1-2/h4-10,17H,1-3H3;2H,1,3H2;1-2H3. The zero-order valence-electron chi connectivity index (χ0n) is 14.4. The van der Waals surface area contributed by atoms with E-state index < -0.39 is 0 Å². The van der Waals surface area contributed by atoms with Crippen molar-refractivity contribution >= 4 is 5.71 Å². The van der Waals surface area contributed by atoms with Crippen LogP contribution in [0, 0.1) is 19.3 Å². The average molecular weight is 296 g/mol. The highest BCUT2D eigenvalue weighted by molar-refractivity contribution is 5.96. The van der Waals surface area contributed by atoms with E-state index in [0.717, 1.165) is 5.56 Å². The Morgan fingerprint density at radius 3 is 1.77 bits per heavy atom. The molecule has 0 amide bonds. The van der Waals surface area contributed by atoms with Crippen LogP contribution in [0.2, 0.25) is 0 Å². The minimum Gasteiger partial charge on any atom is -0.405 e. The molecule has 2 aromatic carbocycles. The first-order chi connectivity index (χ1) is 10.5. The maximum absolute atomic E-state index is 7.59. The van der Waals surface area contributed by atoms with Crippen LogP contribution in [0.5, 0.6) is 0 Å². The van der Waals surface area contributed by atoms with Gasteiger partial charge in [-0.05, 0) is 54.8 Å². The third-order valence-electron chi connectivity index (χ3n) is 3.09. The average Bonchev–Trinajstić information content (AvgIpc) is 2.50. The second-order valence-corrected chi connectivity index (χ2v) is 4.70. The van der Waals surface area contributed by atoms with Gasteiger partial charge in [0.15, 0.2) is 0 Å². The van der Waals surface area contributed by atoms with Gasteiger partial charge >= 0.3 is 0 Å². The molecule has 0 radical (unpaired) electrons. The molecule has 0 saturated carbocycles. The largest absolute Gasteiger partial charge is 0.405 e. The summed E-state index contributed by atoms with van der Waals surface area (Å²) >= 11 is 0. The fourth-order valence-electron chi connectivity index (χ4n) is 2.16. The van der Waals surface area contributed by atoms with Crippen molar-refractivity contribution in [3.05, 3.63) is 71.9 Å². The molecule has 0 aromatic heterocycles. The third kappa shape index (κ3) is 5.57. The molecule has 2 nitrogen and oxygen atoms in total. The van der Waals surface area contributed by atoms with Crippen LogP contribution in [0.3, 0.4) is 0 Å². The van der Waals surface area contributed by atoms with Crippen molar-refractivity contribution in [1.82, 2.24) is 0 Å². The molecule has 0 aliphatic heterocycles. The van der Waals surface area contributed by atoms with Crippen molar-refractivity contribution in [3.63, 3.8) is 0 Å². The molecule has 2 rings (SSSR count). The Balaban J connectivity index is 0.000000789. The number of hydrogen-bond acceptors (Lipinski definition) is 2. The van der Waals surface area contributed by atoms with Gasteiger partial charge in [0.2, 0.25) is 0 Å². The summed E-state index contributed by atoms with van der Waals surface area (Å²) in [6, 6.07) is 14.6. The summed E-state index contributed by atoms with van der Waals surface area (Å²) in [6.07, 6.45) is 1.25. The van der Waals surface area contributed by atoms with Crippen molar-refractivity contribution in [2.45, 2.75) is 34.6 Å². The highest BCUT2D eigenvalue weighted by atomic mass is 14.5. The molecule has 22 heavy (non-hydrogen) atoms. The molecular formula is C20H28N2. The molecule has 0 fully saturated rings. The lowest BCUT2D eigenvalue weighted by atomic mass is 9.95. The lowest BCUT2D eigenvalue weighted by Gasteiger charge is -2.10. The normalized spacial score (nSPS) is 8.77. The van der Waals surface area contributed by atoms with E-state index >= 15 is 0 Å². The van der Waals surface area contributed by atoms with Crippen molar-refractivity contribution in [3.8, 4) is 11.1 Å².